The van der Waals surface area contributed by atoms with Crippen LogP contribution in [0.15, 0.2) is 24.3 Å². The lowest BCUT2D eigenvalue weighted by atomic mass is 10.1. The summed E-state index contributed by atoms with van der Waals surface area (Å²) in [5.41, 5.74) is 8.93. The normalized spacial score (nSPS) is 23.9. The van der Waals surface area contributed by atoms with Gasteiger partial charge in [-0.15, -0.1) is 0 Å². The minimum absolute atomic E-state index is 0.210. The molecule has 2 rings (SSSR count). The zero-order chi connectivity index (χ0) is 13.0. The zero-order valence-electron chi connectivity index (χ0n) is 11.7. The Labute approximate surface area is 111 Å². The Hall–Kier alpha value is -0.860. The number of fused-ring (bicyclic) bond motifs is 1. The molecule has 2 nitrogen and oxygen atoms in total. The maximum absolute atomic E-state index is 6.19. The van der Waals surface area contributed by atoms with Crippen molar-refractivity contribution in [3.8, 4) is 0 Å². The van der Waals surface area contributed by atoms with Gasteiger partial charge in [-0.05, 0) is 30.9 Å². The van der Waals surface area contributed by atoms with Crippen molar-refractivity contribution in [2.75, 3.05) is 0 Å². The van der Waals surface area contributed by atoms with Crippen molar-refractivity contribution in [1.29, 1.82) is 0 Å². The molecule has 18 heavy (non-hydrogen) atoms. The predicted molar refractivity (Wildman–Crippen MR) is 77.5 cm³/mol. The van der Waals surface area contributed by atoms with Gasteiger partial charge in [-0.3, -0.25) is 0 Å². The summed E-state index contributed by atoms with van der Waals surface area (Å²) in [4.78, 5) is 0. The van der Waals surface area contributed by atoms with E-state index in [0.29, 0.717) is 12.1 Å². The van der Waals surface area contributed by atoms with Crippen LogP contribution in [0, 0.1) is 0 Å². The maximum atomic E-state index is 6.19. The molecule has 0 saturated carbocycles. The summed E-state index contributed by atoms with van der Waals surface area (Å²) in [6, 6.07) is 9.84. The van der Waals surface area contributed by atoms with Gasteiger partial charge in [-0.1, -0.05) is 50.5 Å². The fraction of sp³-hybridized carbons (Fsp3) is 0.625. The minimum atomic E-state index is 0.210. The van der Waals surface area contributed by atoms with Crippen LogP contribution in [-0.2, 0) is 0 Å². The molecule has 1 aliphatic carbocycles. The highest BCUT2D eigenvalue weighted by Gasteiger charge is 2.28. The van der Waals surface area contributed by atoms with Crippen molar-refractivity contribution in [1.82, 2.24) is 5.32 Å². The highest BCUT2D eigenvalue weighted by Crippen LogP contribution is 2.37. The van der Waals surface area contributed by atoms with E-state index in [2.05, 4.69) is 43.4 Å². The fourth-order valence-electron chi connectivity index (χ4n) is 2.96. The zero-order valence-corrected chi connectivity index (χ0v) is 11.7. The molecule has 0 fully saturated rings. The third-order valence-electron chi connectivity index (χ3n) is 3.99. The molecule has 3 N–H and O–H groups in total. The molecule has 0 saturated heterocycles. The molecule has 0 aliphatic heterocycles. The SMILES string of the molecule is CCCCCC(C)NC1CC(N)c2ccccc21. The Balaban J connectivity index is 1.91. The van der Waals surface area contributed by atoms with Crippen molar-refractivity contribution in [2.24, 2.45) is 5.73 Å². The summed E-state index contributed by atoms with van der Waals surface area (Å²) in [6.45, 7) is 4.55. The Kier molecular flexibility index (Phi) is 4.79. The second kappa shape index (κ2) is 6.35. The summed E-state index contributed by atoms with van der Waals surface area (Å²) >= 11 is 0. The molecule has 0 amide bonds. The molecule has 0 heterocycles. The third kappa shape index (κ3) is 3.12. The molecule has 0 bridgehead atoms. The first-order chi connectivity index (χ1) is 8.72. The van der Waals surface area contributed by atoms with Gasteiger partial charge < -0.3 is 11.1 Å². The van der Waals surface area contributed by atoms with E-state index >= 15 is 0 Å². The highest BCUT2D eigenvalue weighted by atomic mass is 15.0. The third-order valence-corrected chi connectivity index (χ3v) is 3.99. The van der Waals surface area contributed by atoms with Crippen molar-refractivity contribution >= 4 is 0 Å². The van der Waals surface area contributed by atoms with Gasteiger partial charge in [0.05, 0.1) is 0 Å². The van der Waals surface area contributed by atoms with E-state index in [1.165, 1.54) is 36.8 Å². The molecule has 0 spiro atoms. The van der Waals surface area contributed by atoms with E-state index < -0.39 is 0 Å². The lowest BCUT2D eigenvalue weighted by Gasteiger charge is -2.20. The smallest absolute Gasteiger partial charge is 0.0343 e. The van der Waals surface area contributed by atoms with Crippen molar-refractivity contribution in [2.45, 2.75) is 64.1 Å². The van der Waals surface area contributed by atoms with E-state index in [4.69, 9.17) is 5.73 Å². The summed E-state index contributed by atoms with van der Waals surface area (Å²) in [7, 11) is 0. The number of hydrogen-bond donors (Lipinski definition) is 2. The average Bonchev–Trinajstić information content (AvgIpc) is 2.67. The van der Waals surface area contributed by atoms with E-state index in [-0.39, 0.29) is 6.04 Å². The van der Waals surface area contributed by atoms with Gasteiger partial charge in [0.1, 0.15) is 0 Å². The second-order valence-electron chi connectivity index (χ2n) is 5.59. The molecule has 1 aromatic carbocycles. The monoisotopic (exact) mass is 246 g/mol. The van der Waals surface area contributed by atoms with Crippen LogP contribution < -0.4 is 11.1 Å². The Bertz CT molecular complexity index is 375. The minimum Gasteiger partial charge on any atom is -0.324 e. The van der Waals surface area contributed by atoms with E-state index in [1.54, 1.807) is 0 Å². The topological polar surface area (TPSA) is 38.0 Å². The number of nitrogens with two attached hydrogens (primary N) is 1. The van der Waals surface area contributed by atoms with Crippen LogP contribution in [0.3, 0.4) is 0 Å². The van der Waals surface area contributed by atoms with Crippen LogP contribution in [0.4, 0.5) is 0 Å². The molecular formula is C16H26N2. The molecule has 0 aromatic heterocycles. The van der Waals surface area contributed by atoms with Crippen LogP contribution in [0.25, 0.3) is 0 Å². The van der Waals surface area contributed by atoms with Gasteiger partial charge in [-0.2, -0.15) is 0 Å². The van der Waals surface area contributed by atoms with Gasteiger partial charge in [0.2, 0.25) is 0 Å². The van der Waals surface area contributed by atoms with Crippen LogP contribution in [0.2, 0.25) is 0 Å². The first-order valence-electron chi connectivity index (χ1n) is 7.32. The summed E-state index contributed by atoms with van der Waals surface area (Å²) < 4.78 is 0. The van der Waals surface area contributed by atoms with Crippen LogP contribution in [-0.4, -0.2) is 6.04 Å². The summed E-state index contributed by atoms with van der Waals surface area (Å²) in [5, 5.41) is 3.74. The number of benzene rings is 1. The van der Waals surface area contributed by atoms with Gasteiger partial charge in [0.25, 0.3) is 0 Å². The lowest BCUT2D eigenvalue weighted by molar-refractivity contribution is 0.409. The van der Waals surface area contributed by atoms with Gasteiger partial charge in [-0.25, -0.2) is 0 Å². The van der Waals surface area contributed by atoms with Crippen LogP contribution in [0.5, 0.6) is 0 Å². The van der Waals surface area contributed by atoms with Crippen molar-refractivity contribution in [3.63, 3.8) is 0 Å². The first kappa shape index (κ1) is 13.6. The van der Waals surface area contributed by atoms with Crippen molar-refractivity contribution < 1.29 is 0 Å². The fourth-order valence-corrected chi connectivity index (χ4v) is 2.96. The largest absolute Gasteiger partial charge is 0.324 e. The molecule has 1 aliphatic rings. The number of hydrogen-bond acceptors (Lipinski definition) is 2. The maximum Gasteiger partial charge on any atom is 0.0343 e. The van der Waals surface area contributed by atoms with E-state index in [1.807, 2.05) is 0 Å². The molecule has 2 heteroatoms. The number of rotatable bonds is 6. The molecule has 3 atom stereocenters. The predicted octanol–water partition coefficient (Wildman–Crippen LogP) is 3.69. The van der Waals surface area contributed by atoms with Crippen LogP contribution >= 0.6 is 0 Å². The summed E-state index contributed by atoms with van der Waals surface area (Å²) in [6.07, 6.45) is 6.26. The standard InChI is InChI=1S/C16H26N2/c1-3-4-5-8-12(2)18-16-11-15(17)13-9-6-7-10-14(13)16/h6-7,9-10,12,15-16,18H,3-5,8,11,17H2,1-2H3. The Morgan fingerprint density at radius 2 is 2.00 bits per heavy atom. The van der Waals surface area contributed by atoms with Gasteiger partial charge in [0, 0.05) is 18.1 Å². The summed E-state index contributed by atoms with van der Waals surface area (Å²) in [5.74, 6) is 0. The van der Waals surface area contributed by atoms with Crippen molar-refractivity contribution in [3.05, 3.63) is 35.4 Å². The van der Waals surface area contributed by atoms with E-state index in [0.717, 1.165) is 6.42 Å². The molecule has 0 radical (unpaired) electrons. The van der Waals surface area contributed by atoms with Crippen LogP contribution in [0.1, 0.15) is 69.2 Å². The molecule has 1 aromatic rings. The molecular weight excluding hydrogens is 220 g/mol. The molecule has 100 valence electrons. The Morgan fingerprint density at radius 1 is 1.28 bits per heavy atom. The number of unbranched alkanes of at least 4 members (excludes halogenated alkanes) is 2. The first-order valence-corrected chi connectivity index (χ1v) is 7.32. The highest BCUT2D eigenvalue weighted by molar-refractivity contribution is 5.37. The lowest BCUT2D eigenvalue weighted by Crippen LogP contribution is -2.29. The van der Waals surface area contributed by atoms with Gasteiger partial charge >= 0.3 is 0 Å². The van der Waals surface area contributed by atoms with E-state index in [9.17, 15) is 0 Å². The molecule has 3 unspecified atom stereocenters. The Morgan fingerprint density at radius 3 is 2.72 bits per heavy atom. The average molecular weight is 246 g/mol. The quantitative estimate of drug-likeness (QED) is 0.751. The van der Waals surface area contributed by atoms with Gasteiger partial charge in [0.15, 0.2) is 0 Å². The number of nitrogens with one attached hydrogen (secondary N) is 1. The second-order valence-corrected chi connectivity index (χ2v) is 5.59.